The van der Waals surface area contributed by atoms with Crippen LogP contribution >= 0.6 is 0 Å². The second-order valence-corrected chi connectivity index (χ2v) is 7.60. The van der Waals surface area contributed by atoms with Crippen molar-refractivity contribution in [2.75, 3.05) is 13.7 Å². The zero-order valence-electron chi connectivity index (χ0n) is 17.8. The predicted octanol–water partition coefficient (Wildman–Crippen LogP) is 4.95. The van der Waals surface area contributed by atoms with Gasteiger partial charge in [0.15, 0.2) is 6.10 Å². The van der Waals surface area contributed by atoms with Gasteiger partial charge < -0.3 is 14.5 Å². The van der Waals surface area contributed by atoms with E-state index in [9.17, 15) is 18.0 Å². The van der Waals surface area contributed by atoms with Crippen molar-refractivity contribution in [1.29, 1.82) is 0 Å². The van der Waals surface area contributed by atoms with Gasteiger partial charge in [-0.1, -0.05) is 29.4 Å². The Morgan fingerprint density at radius 2 is 1.82 bits per heavy atom. The number of ether oxygens (including phenoxy) is 1. The molecule has 1 heterocycles. The van der Waals surface area contributed by atoms with E-state index in [1.54, 1.807) is 42.5 Å². The Bertz CT molecular complexity index is 1180. The van der Waals surface area contributed by atoms with Crippen LogP contribution in [0.4, 0.5) is 13.2 Å². The van der Waals surface area contributed by atoms with E-state index in [1.807, 2.05) is 0 Å². The average molecular weight is 454 g/mol. The van der Waals surface area contributed by atoms with Crippen LogP contribution in [0.3, 0.4) is 0 Å². The van der Waals surface area contributed by atoms with E-state index in [0.29, 0.717) is 22.6 Å². The minimum absolute atomic E-state index is 0.0726. The highest BCUT2D eigenvalue weighted by Gasteiger charge is 2.29. The zero-order valence-corrected chi connectivity index (χ0v) is 17.8. The molecule has 1 aliphatic heterocycles. The normalized spacial score (nSPS) is 15.0. The summed E-state index contributed by atoms with van der Waals surface area (Å²) in [4.78, 5) is 20.1. The number of carbonyl (C=O) groups excluding carboxylic acids is 1. The van der Waals surface area contributed by atoms with Gasteiger partial charge in [0.2, 0.25) is 0 Å². The second kappa shape index (κ2) is 9.77. The average Bonchev–Trinajstić information content (AvgIpc) is 3.28. The number of benzene rings is 3. The summed E-state index contributed by atoms with van der Waals surface area (Å²) in [5.41, 5.74) is 1.29. The number of halogens is 3. The fraction of sp³-hybridized carbons (Fsp3) is 0.200. The molecule has 0 saturated heterocycles. The van der Waals surface area contributed by atoms with E-state index in [2.05, 4.69) is 5.16 Å². The van der Waals surface area contributed by atoms with Gasteiger partial charge in [0.05, 0.1) is 19.4 Å². The molecule has 0 saturated carbocycles. The molecule has 8 heteroatoms. The molecule has 0 N–H and O–H groups in total. The van der Waals surface area contributed by atoms with Gasteiger partial charge in [0.1, 0.15) is 23.2 Å². The van der Waals surface area contributed by atoms with Crippen molar-refractivity contribution in [3.63, 3.8) is 0 Å². The van der Waals surface area contributed by atoms with Gasteiger partial charge in [-0.25, -0.2) is 13.2 Å². The quantitative estimate of drug-likeness (QED) is 0.508. The largest absolute Gasteiger partial charge is 0.497 e. The Hall–Kier alpha value is -3.81. The van der Waals surface area contributed by atoms with Crippen LogP contribution in [0.5, 0.6) is 5.75 Å². The van der Waals surface area contributed by atoms with Crippen LogP contribution in [0.15, 0.2) is 71.9 Å². The summed E-state index contributed by atoms with van der Waals surface area (Å²) in [5, 5.41) is 3.99. The molecule has 1 amide bonds. The highest BCUT2D eigenvalue weighted by atomic mass is 19.1. The van der Waals surface area contributed by atoms with Gasteiger partial charge >= 0.3 is 0 Å². The maximum Gasteiger partial charge on any atom is 0.254 e. The number of nitrogens with zero attached hydrogens (tertiary/aromatic N) is 2. The summed E-state index contributed by atoms with van der Waals surface area (Å²) < 4.78 is 46.9. The first-order valence-corrected chi connectivity index (χ1v) is 10.3. The minimum atomic E-state index is -0.752. The molecule has 0 fully saturated rings. The highest BCUT2D eigenvalue weighted by molar-refractivity contribution is 6.01. The minimum Gasteiger partial charge on any atom is -0.497 e. The fourth-order valence-corrected chi connectivity index (χ4v) is 3.62. The fourth-order valence-electron chi connectivity index (χ4n) is 3.62. The molecule has 5 nitrogen and oxygen atoms in total. The Morgan fingerprint density at radius 3 is 2.52 bits per heavy atom. The molecular formula is C25H21F3N2O3. The van der Waals surface area contributed by atoms with Gasteiger partial charge in [-0.3, -0.25) is 4.79 Å². The third kappa shape index (κ3) is 5.16. The first-order chi connectivity index (χ1) is 15.9. The molecule has 0 aliphatic carbocycles. The molecule has 3 aromatic carbocycles. The van der Waals surface area contributed by atoms with Crippen molar-refractivity contribution in [2.45, 2.75) is 19.1 Å². The molecule has 3 aromatic rings. The molecule has 0 spiro atoms. The summed E-state index contributed by atoms with van der Waals surface area (Å²) in [6, 6.07) is 15.9. The molecule has 170 valence electrons. The number of oxime groups is 1. The lowest BCUT2D eigenvalue weighted by Gasteiger charge is -2.25. The third-order valence-electron chi connectivity index (χ3n) is 5.34. The zero-order chi connectivity index (χ0) is 23.4. The number of hydrogen-bond acceptors (Lipinski definition) is 4. The Morgan fingerprint density at radius 1 is 1.06 bits per heavy atom. The third-order valence-corrected chi connectivity index (χ3v) is 5.34. The van der Waals surface area contributed by atoms with E-state index < -0.39 is 23.6 Å². The van der Waals surface area contributed by atoms with E-state index in [0.717, 1.165) is 12.1 Å². The maximum atomic E-state index is 14.3. The molecule has 1 atom stereocenters. The molecule has 0 radical (unpaired) electrons. The summed E-state index contributed by atoms with van der Waals surface area (Å²) in [7, 11) is 1.52. The Balaban J connectivity index is 1.54. The molecule has 1 unspecified atom stereocenters. The van der Waals surface area contributed by atoms with Crippen LogP contribution in [0, 0.1) is 17.5 Å². The maximum absolute atomic E-state index is 14.3. The van der Waals surface area contributed by atoms with Crippen molar-refractivity contribution < 1.29 is 27.5 Å². The topological polar surface area (TPSA) is 51.1 Å². The van der Waals surface area contributed by atoms with Gasteiger partial charge in [0.25, 0.3) is 5.91 Å². The number of amides is 1. The van der Waals surface area contributed by atoms with Gasteiger partial charge in [-0.05, 0) is 36.4 Å². The Labute approximate surface area is 189 Å². The molecule has 4 rings (SSSR count). The first kappa shape index (κ1) is 22.4. The molecule has 33 heavy (non-hydrogen) atoms. The number of methoxy groups -OCH3 is 1. The summed E-state index contributed by atoms with van der Waals surface area (Å²) in [5.74, 6) is -1.65. The predicted molar refractivity (Wildman–Crippen MR) is 117 cm³/mol. The lowest BCUT2D eigenvalue weighted by atomic mass is 10.0. The molecular weight excluding hydrogens is 433 g/mol. The van der Waals surface area contributed by atoms with Crippen molar-refractivity contribution >= 4 is 11.6 Å². The molecule has 1 aliphatic rings. The van der Waals surface area contributed by atoms with Crippen molar-refractivity contribution in [2.24, 2.45) is 5.16 Å². The van der Waals surface area contributed by atoms with Crippen LogP contribution in [0.2, 0.25) is 0 Å². The first-order valence-electron chi connectivity index (χ1n) is 10.3. The van der Waals surface area contributed by atoms with Crippen molar-refractivity contribution in [1.82, 2.24) is 4.90 Å². The lowest BCUT2D eigenvalue weighted by molar-refractivity contribution is 0.0403. The highest BCUT2D eigenvalue weighted by Crippen LogP contribution is 2.22. The monoisotopic (exact) mass is 454 g/mol. The summed E-state index contributed by atoms with van der Waals surface area (Å²) in [6.45, 7) is -0.0327. The van der Waals surface area contributed by atoms with Crippen LogP contribution in [-0.2, 0) is 11.4 Å². The Kier molecular flexibility index (Phi) is 6.63. The van der Waals surface area contributed by atoms with Gasteiger partial charge in [-0.15, -0.1) is 0 Å². The van der Waals surface area contributed by atoms with Gasteiger partial charge in [-0.2, -0.15) is 0 Å². The van der Waals surface area contributed by atoms with Crippen LogP contribution in [-0.4, -0.2) is 36.3 Å². The van der Waals surface area contributed by atoms with Crippen LogP contribution in [0.1, 0.15) is 27.9 Å². The van der Waals surface area contributed by atoms with E-state index >= 15 is 0 Å². The summed E-state index contributed by atoms with van der Waals surface area (Å²) in [6.07, 6.45) is -0.274. The van der Waals surface area contributed by atoms with Crippen LogP contribution < -0.4 is 4.74 Å². The van der Waals surface area contributed by atoms with Crippen molar-refractivity contribution in [3.8, 4) is 5.75 Å². The van der Waals surface area contributed by atoms with Crippen LogP contribution in [0.25, 0.3) is 0 Å². The van der Waals surface area contributed by atoms with Gasteiger partial charge in [0, 0.05) is 35.7 Å². The molecule has 0 aromatic heterocycles. The SMILES string of the molecule is COc1ccc(C(=O)N(Cc2ccc(F)cc2F)CC2CC(c3ccccc3F)=NO2)cc1. The lowest BCUT2D eigenvalue weighted by Crippen LogP contribution is -2.37. The van der Waals surface area contributed by atoms with E-state index in [1.165, 1.54) is 24.1 Å². The molecule has 0 bridgehead atoms. The second-order valence-electron chi connectivity index (χ2n) is 7.60. The number of rotatable bonds is 7. The number of hydrogen-bond donors (Lipinski definition) is 0. The van der Waals surface area contributed by atoms with Crippen molar-refractivity contribution in [3.05, 3.63) is 101 Å². The number of carbonyl (C=O) groups is 1. The smallest absolute Gasteiger partial charge is 0.254 e. The van der Waals surface area contributed by atoms with E-state index in [-0.39, 0.29) is 31.0 Å². The summed E-state index contributed by atoms with van der Waals surface area (Å²) >= 11 is 0. The van der Waals surface area contributed by atoms with E-state index in [4.69, 9.17) is 9.57 Å². The standard InChI is InChI=1S/C25H21F3N2O3/c1-32-19-10-7-16(8-11-19)25(31)30(14-17-6-9-18(26)12-23(17)28)15-20-13-24(29-33-20)21-4-2-3-5-22(21)27/h2-12,20H,13-15H2,1H3.